The number of nitrogens with one attached hydrogen (secondary N) is 1. The molecule has 0 saturated heterocycles. The second-order valence-corrected chi connectivity index (χ2v) is 7.78. The summed E-state index contributed by atoms with van der Waals surface area (Å²) in [6.07, 6.45) is 2.25. The largest absolute Gasteiger partial charge is 0.497 e. The lowest BCUT2D eigenvalue weighted by Crippen LogP contribution is -2.13. The van der Waals surface area contributed by atoms with E-state index >= 15 is 0 Å². The van der Waals surface area contributed by atoms with Gasteiger partial charge in [0.2, 0.25) is 0 Å². The van der Waals surface area contributed by atoms with Gasteiger partial charge < -0.3 is 10.1 Å². The zero-order chi connectivity index (χ0) is 22.4. The van der Waals surface area contributed by atoms with E-state index in [9.17, 15) is 10.1 Å². The lowest BCUT2D eigenvalue weighted by molar-refractivity contribution is -0.112. The number of aryl methyl sites for hydroxylation is 2. The van der Waals surface area contributed by atoms with Crippen molar-refractivity contribution in [2.45, 2.75) is 20.3 Å². The average molecular weight is 431 g/mol. The fourth-order valence-corrected chi connectivity index (χ4v) is 3.63. The van der Waals surface area contributed by atoms with Gasteiger partial charge in [-0.05, 0) is 73.4 Å². The molecule has 0 fully saturated rings. The molecule has 0 aliphatic rings. The van der Waals surface area contributed by atoms with Crippen molar-refractivity contribution in [1.82, 2.24) is 0 Å². The molecule has 4 nitrogen and oxygen atoms in total. The number of amides is 1. The molecule has 0 aliphatic carbocycles. The molecule has 3 rings (SSSR count). The van der Waals surface area contributed by atoms with Crippen molar-refractivity contribution >= 4 is 29.3 Å². The van der Waals surface area contributed by atoms with Crippen LogP contribution in [0.4, 0.5) is 5.69 Å². The minimum atomic E-state index is -0.483. The zero-order valence-corrected chi connectivity index (χ0v) is 18.5. The SMILES string of the molecule is COc1ccc(NC(=O)/C(C#N)=C/c2ccc(Cc3cc(C)cc(C)c3)c(Cl)c2)cc1. The summed E-state index contributed by atoms with van der Waals surface area (Å²) in [7, 11) is 1.57. The predicted molar refractivity (Wildman–Crippen MR) is 125 cm³/mol. The Kier molecular flexibility index (Phi) is 7.12. The fraction of sp³-hybridized carbons (Fsp3) is 0.154. The van der Waals surface area contributed by atoms with Crippen LogP contribution < -0.4 is 10.1 Å². The Morgan fingerprint density at radius 2 is 1.74 bits per heavy atom. The Hall–Kier alpha value is -3.55. The number of anilines is 1. The highest BCUT2D eigenvalue weighted by Gasteiger charge is 2.11. The standard InChI is InChI=1S/C26H23ClN2O2/c1-17-10-18(2)12-20(11-17)14-21-5-4-19(15-25(21)27)13-22(16-28)26(30)29-23-6-8-24(31-3)9-7-23/h4-13,15H,14H2,1-3H3,(H,29,30)/b22-13+. The Balaban J connectivity index is 1.76. The predicted octanol–water partition coefficient (Wildman–Crippen LogP) is 6.10. The molecular formula is C26H23ClN2O2. The number of hydrogen-bond donors (Lipinski definition) is 1. The van der Waals surface area contributed by atoms with E-state index in [2.05, 4.69) is 37.4 Å². The topological polar surface area (TPSA) is 62.1 Å². The number of ether oxygens (including phenoxy) is 1. The minimum Gasteiger partial charge on any atom is -0.497 e. The number of methoxy groups -OCH3 is 1. The van der Waals surface area contributed by atoms with Gasteiger partial charge in [-0.2, -0.15) is 5.26 Å². The first-order valence-corrected chi connectivity index (χ1v) is 10.2. The van der Waals surface area contributed by atoms with Gasteiger partial charge in [-0.3, -0.25) is 4.79 Å². The molecule has 3 aromatic carbocycles. The number of rotatable bonds is 6. The Bertz CT molecular complexity index is 1150. The van der Waals surface area contributed by atoms with Crippen LogP contribution in [-0.2, 0) is 11.2 Å². The maximum absolute atomic E-state index is 12.5. The normalized spacial score (nSPS) is 11.0. The van der Waals surface area contributed by atoms with Crippen LogP contribution in [-0.4, -0.2) is 13.0 Å². The van der Waals surface area contributed by atoms with Crippen molar-refractivity contribution in [3.63, 3.8) is 0 Å². The van der Waals surface area contributed by atoms with Crippen molar-refractivity contribution in [3.8, 4) is 11.8 Å². The highest BCUT2D eigenvalue weighted by atomic mass is 35.5. The summed E-state index contributed by atoms with van der Waals surface area (Å²) in [5, 5.41) is 12.8. The summed E-state index contributed by atoms with van der Waals surface area (Å²) in [5.41, 5.74) is 5.88. The Morgan fingerprint density at radius 1 is 1.06 bits per heavy atom. The van der Waals surface area contributed by atoms with Crippen LogP contribution >= 0.6 is 11.6 Å². The molecule has 31 heavy (non-hydrogen) atoms. The van der Waals surface area contributed by atoms with Gasteiger partial charge in [0.1, 0.15) is 17.4 Å². The van der Waals surface area contributed by atoms with Crippen molar-refractivity contribution in [1.29, 1.82) is 5.26 Å². The molecule has 0 unspecified atom stereocenters. The molecule has 0 bridgehead atoms. The van der Waals surface area contributed by atoms with Gasteiger partial charge in [0.15, 0.2) is 0 Å². The first-order valence-electron chi connectivity index (χ1n) is 9.80. The van der Waals surface area contributed by atoms with E-state index in [1.165, 1.54) is 22.8 Å². The van der Waals surface area contributed by atoms with Gasteiger partial charge in [0.25, 0.3) is 5.91 Å². The van der Waals surface area contributed by atoms with E-state index in [0.29, 0.717) is 28.4 Å². The fourth-order valence-electron chi connectivity index (χ4n) is 3.38. The van der Waals surface area contributed by atoms with Gasteiger partial charge in [-0.25, -0.2) is 0 Å². The van der Waals surface area contributed by atoms with Gasteiger partial charge in [0, 0.05) is 10.7 Å². The van der Waals surface area contributed by atoms with Crippen LogP contribution in [0.15, 0.2) is 66.2 Å². The maximum Gasteiger partial charge on any atom is 0.266 e. The molecule has 0 spiro atoms. The summed E-state index contributed by atoms with van der Waals surface area (Å²) >= 11 is 6.50. The molecule has 0 saturated carbocycles. The lowest BCUT2D eigenvalue weighted by atomic mass is 9.99. The van der Waals surface area contributed by atoms with E-state index in [0.717, 1.165) is 5.56 Å². The van der Waals surface area contributed by atoms with Crippen LogP contribution in [0.1, 0.15) is 27.8 Å². The summed E-state index contributed by atoms with van der Waals surface area (Å²) in [6.45, 7) is 4.15. The molecule has 1 N–H and O–H groups in total. The monoisotopic (exact) mass is 430 g/mol. The molecule has 1 amide bonds. The summed E-state index contributed by atoms with van der Waals surface area (Å²) in [5.74, 6) is 0.202. The van der Waals surface area contributed by atoms with Crippen LogP contribution in [0.2, 0.25) is 5.02 Å². The second-order valence-electron chi connectivity index (χ2n) is 7.38. The smallest absolute Gasteiger partial charge is 0.266 e. The average Bonchev–Trinajstić information content (AvgIpc) is 2.73. The number of hydrogen-bond acceptors (Lipinski definition) is 3. The molecule has 0 atom stereocenters. The third-order valence-electron chi connectivity index (χ3n) is 4.78. The molecule has 0 aliphatic heterocycles. The highest BCUT2D eigenvalue weighted by molar-refractivity contribution is 6.31. The Morgan fingerprint density at radius 3 is 2.32 bits per heavy atom. The zero-order valence-electron chi connectivity index (χ0n) is 17.7. The number of carbonyl (C=O) groups excluding carboxylic acids is 1. The van der Waals surface area contributed by atoms with Crippen molar-refractivity contribution in [3.05, 3.63) is 99.1 Å². The number of carbonyl (C=O) groups is 1. The Labute approximate surface area is 187 Å². The molecule has 0 radical (unpaired) electrons. The van der Waals surface area contributed by atoms with Gasteiger partial charge in [0.05, 0.1) is 7.11 Å². The summed E-state index contributed by atoms with van der Waals surface area (Å²) < 4.78 is 5.10. The van der Waals surface area contributed by atoms with E-state index in [1.54, 1.807) is 37.4 Å². The van der Waals surface area contributed by atoms with Crippen molar-refractivity contribution in [2.75, 3.05) is 12.4 Å². The van der Waals surface area contributed by atoms with Crippen LogP contribution in [0, 0.1) is 25.2 Å². The van der Waals surface area contributed by atoms with E-state index in [4.69, 9.17) is 16.3 Å². The van der Waals surface area contributed by atoms with Crippen molar-refractivity contribution < 1.29 is 9.53 Å². The summed E-state index contributed by atoms with van der Waals surface area (Å²) in [6, 6.07) is 20.9. The minimum absolute atomic E-state index is 0.00561. The first-order chi connectivity index (χ1) is 14.9. The van der Waals surface area contributed by atoms with Crippen LogP contribution in [0.25, 0.3) is 6.08 Å². The molecule has 156 valence electrons. The number of benzene rings is 3. The lowest BCUT2D eigenvalue weighted by Gasteiger charge is -2.09. The number of nitrogens with zero attached hydrogens (tertiary/aromatic N) is 1. The molecule has 0 heterocycles. The van der Waals surface area contributed by atoms with Crippen molar-refractivity contribution in [2.24, 2.45) is 0 Å². The van der Waals surface area contributed by atoms with Crippen LogP contribution in [0.3, 0.4) is 0 Å². The van der Waals surface area contributed by atoms with E-state index in [1.807, 2.05) is 18.2 Å². The third-order valence-corrected chi connectivity index (χ3v) is 5.13. The van der Waals surface area contributed by atoms with E-state index in [-0.39, 0.29) is 5.57 Å². The van der Waals surface area contributed by atoms with Gasteiger partial charge in [-0.15, -0.1) is 0 Å². The molecule has 0 aromatic heterocycles. The molecule has 3 aromatic rings. The quantitative estimate of drug-likeness (QED) is 0.379. The van der Waals surface area contributed by atoms with Crippen LogP contribution in [0.5, 0.6) is 5.75 Å². The summed E-state index contributed by atoms with van der Waals surface area (Å²) in [4.78, 5) is 12.5. The van der Waals surface area contributed by atoms with E-state index < -0.39 is 5.91 Å². The first kappa shape index (κ1) is 22.1. The molecular weight excluding hydrogens is 408 g/mol. The van der Waals surface area contributed by atoms with Gasteiger partial charge in [-0.1, -0.05) is 53.1 Å². The number of halogens is 1. The third kappa shape index (κ3) is 5.97. The van der Waals surface area contributed by atoms with Gasteiger partial charge >= 0.3 is 0 Å². The maximum atomic E-state index is 12.5. The second kappa shape index (κ2) is 9.97. The molecule has 5 heteroatoms. The number of nitriles is 1. The highest BCUT2D eigenvalue weighted by Crippen LogP contribution is 2.24.